The van der Waals surface area contributed by atoms with Crippen molar-refractivity contribution >= 4 is 11.7 Å². The van der Waals surface area contributed by atoms with E-state index in [1.165, 1.54) is 6.07 Å². The molecule has 0 unspecified atom stereocenters. The first-order valence-electron chi connectivity index (χ1n) is 7.55. The zero-order valence-electron chi connectivity index (χ0n) is 13.0. The van der Waals surface area contributed by atoms with Gasteiger partial charge in [-0.05, 0) is 31.4 Å². The van der Waals surface area contributed by atoms with Crippen LogP contribution >= 0.6 is 0 Å². The van der Waals surface area contributed by atoms with Gasteiger partial charge >= 0.3 is 6.03 Å². The lowest BCUT2D eigenvalue weighted by Crippen LogP contribution is -2.52. The third-order valence-corrected chi connectivity index (χ3v) is 4.16. The van der Waals surface area contributed by atoms with E-state index in [1.807, 2.05) is 6.92 Å². The SMILES string of the molecule is CCC[C@@]1(COC)CCCN1C(=O)Nc1c(F)cccc1F. The van der Waals surface area contributed by atoms with Crippen LogP contribution in [0.4, 0.5) is 19.3 Å². The van der Waals surface area contributed by atoms with Gasteiger partial charge in [-0.25, -0.2) is 13.6 Å². The van der Waals surface area contributed by atoms with Gasteiger partial charge in [0.25, 0.3) is 0 Å². The van der Waals surface area contributed by atoms with Crippen molar-refractivity contribution in [2.45, 2.75) is 38.1 Å². The lowest BCUT2D eigenvalue weighted by Gasteiger charge is -2.38. The van der Waals surface area contributed by atoms with E-state index < -0.39 is 28.9 Å². The van der Waals surface area contributed by atoms with E-state index in [4.69, 9.17) is 4.74 Å². The van der Waals surface area contributed by atoms with Crippen LogP contribution in [0, 0.1) is 11.6 Å². The Morgan fingerprint density at radius 1 is 1.41 bits per heavy atom. The Labute approximate surface area is 129 Å². The summed E-state index contributed by atoms with van der Waals surface area (Å²) < 4.78 is 32.7. The summed E-state index contributed by atoms with van der Waals surface area (Å²) in [5, 5.41) is 2.37. The Kier molecular flexibility index (Phi) is 5.34. The van der Waals surface area contributed by atoms with Crippen molar-refractivity contribution in [1.29, 1.82) is 0 Å². The molecule has 122 valence electrons. The van der Waals surface area contributed by atoms with Crippen molar-refractivity contribution < 1.29 is 18.3 Å². The summed E-state index contributed by atoms with van der Waals surface area (Å²) in [6, 6.07) is 3.03. The van der Waals surface area contributed by atoms with E-state index in [1.54, 1.807) is 12.0 Å². The molecule has 6 heteroatoms. The van der Waals surface area contributed by atoms with E-state index in [-0.39, 0.29) is 0 Å². The number of carbonyl (C=O) groups is 1. The smallest absolute Gasteiger partial charge is 0.322 e. The molecule has 0 aromatic heterocycles. The average molecular weight is 312 g/mol. The zero-order valence-corrected chi connectivity index (χ0v) is 13.0. The van der Waals surface area contributed by atoms with Gasteiger partial charge in [0, 0.05) is 13.7 Å². The fraction of sp³-hybridized carbons (Fsp3) is 0.562. The summed E-state index contributed by atoms with van der Waals surface area (Å²) in [5.41, 5.74) is -0.794. The van der Waals surface area contributed by atoms with Crippen molar-refractivity contribution in [1.82, 2.24) is 4.90 Å². The topological polar surface area (TPSA) is 41.6 Å². The maximum atomic E-state index is 13.7. The number of nitrogens with one attached hydrogen (secondary N) is 1. The Morgan fingerprint density at radius 2 is 2.09 bits per heavy atom. The maximum Gasteiger partial charge on any atom is 0.322 e. The van der Waals surface area contributed by atoms with Crippen LogP contribution in [0.15, 0.2) is 18.2 Å². The molecular formula is C16H22F2N2O2. The van der Waals surface area contributed by atoms with E-state index in [0.29, 0.717) is 13.2 Å². The Balaban J connectivity index is 2.20. The number of hydrogen-bond acceptors (Lipinski definition) is 2. The number of amides is 2. The van der Waals surface area contributed by atoms with Crippen LogP contribution < -0.4 is 5.32 Å². The lowest BCUT2D eigenvalue weighted by atomic mass is 9.91. The van der Waals surface area contributed by atoms with Gasteiger partial charge < -0.3 is 15.0 Å². The van der Waals surface area contributed by atoms with Gasteiger partial charge in [-0.15, -0.1) is 0 Å². The third kappa shape index (κ3) is 3.21. The molecule has 1 fully saturated rings. The Bertz CT molecular complexity index is 511. The predicted molar refractivity (Wildman–Crippen MR) is 80.8 cm³/mol. The molecule has 0 bridgehead atoms. The first-order valence-corrected chi connectivity index (χ1v) is 7.55. The zero-order chi connectivity index (χ0) is 16.2. The normalized spacial score (nSPS) is 21.2. The number of benzene rings is 1. The standard InChI is InChI=1S/C16H22F2N2O2/c1-3-8-16(11-22-2)9-5-10-20(16)15(21)19-14-12(17)6-4-7-13(14)18/h4,6-7H,3,5,8-11H2,1-2H3,(H,19,21)/t16-/m0/s1. The molecule has 1 aromatic rings. The third-order valence-electron chi connectivity index (χ3n) is 4.16. The van der Waals surface area contributed by atoms with Crippen LogP contribution in [0.3, 0.4) is 0 Å². The molecule has 1 N–H and O–H groups in total. The number of ether oxygens (including phenoxy) is 1. The van der Waals surface area contributed by atoms with Crippen molar-refractivity contribution in [2.24, 2.45) is 0 Å². The fourth-order valence-electron chi connectivity index (χ4n) is 3.26. The number of methoxy groups -OCH3 is 1. The number of urea groups is 1. The van der Waals surface area contributed by atoms with Crippen LogP contribution in [0.1, 0.15) is 32.6 Å². The van der Waals surface area contributed by atoms with Crippen LogP contribution in [-0.4, -0.2) is 36.7 Å². The lowest BCUT2D eigenvalue weighted by molar-refractivity contribution is 0.0539. The highest BCUT2D eigenvalue weighted by atomic mass is 19.1. The van der Waals surface area contributed by atoms with Crippen LogP contribution in [0.25, 0.3) is 0 Å². The van der Waals surface area contributed by atoms with Crippen LogP contribution in [0.5, 0.6) is 0 Å². The Morgan fingerprint density at radius 3 is 2.68 bits per heavy atom. The maximum absolute atomic E-state index is 13.7. The highest BCUT2D eigenvalue weighted by molar-refractivity contribution is 5.90. The molecule has 1 saturated heterocycles. The number of para-hydroxylation sites is 1. The first kappa shape index (κ1) is 16.7. The molecule has 0 radical (unpaired) electrons. The number of nitrogens with zero attached hydrogens (tertiary/aromatic N) is 1. The molecule has 0 saturated carbocycles. The van der Waals surface area contributed by atoms with Crippen LogP contribution in [0.2, 0.25) is 0 Å². The van der Waals surface area contributed by atoms with Crippen molar-refractivity contribution in [2.75, 3.05) is 25.6 Å². The predicted octanol–water partition coefficient (Wildman–Crippen LogP) is 3.78. The minimum atomic E-state index is -0.777. The number of halogens is 2. The van der Waals surface area contributed by atoms with Crippen LogP contribution in [-0.2, 0) is 4.74 Å². The molecule has 2 amide bonds. The fourth-order valence-corrected chi connectivity index (χ4v) is 3.26. The van der Waals surface area contributed by atoms with E-state index >= 15 is 0 Å². The van der Waals surface area contributed by atoms with Crippen molar-refractivity contribution in [3.63, 3.8) is 0 Å². The second kappa shape index (κ2) is 7.05. The molecular weight excluding hydrogens is 290 g/mol. The van der Waals surface area contributed by atoms with Gasteiger partial charge in [0.05, 0.1) is 12.1 Å². The van der Waals surface area contributed by atoms with Gasteiger partial charge in [-0.3, -0.25) is 0 Å². The number of carbonyl (C=O) groups excluding carboxylic acids is 1. The molecule has 4 nitrogen and oxygen atoms in total. The molecule has 1 aliphatic heterocycles. The van der Waals surface area contributed by atoms with Gasteiger partial charge in [0.15, 0.2) is 0 Å². The molecule has 22 heavy (non-hydrogen) atoms. The number of hydrogen-bond donors (Lipinski definition) is 1. The molecule has 0 spiro atoms. The first-order chi connectivity index (χ1) is 10.5. The minimum absolute atomic E-state index is 0.394. The summed E-state index contributed by atoms with van der Waals surface area (Å²) in [7, 11) is 1.60. The molecule has 0 aliphatic carbocycles. The summed E-state index contributed by atoms with van der Waals surface area (Å²) in [6.45, 7) is 3.03. The number of likely N-dealkylation sites (tertiary alicyclic amines) is 1. The van der Waals surface area contributed by atoms with Gasteiger partial charge in [-0.2, -0.15) is 0 Å². The second-order valence-electron chi connectivity index (χ2n) is 5.69. The monoisotopic (exact) mass is 312 g/mol. The van der Waals surface area contributed by atoms with Crippen molar-refractivity contribution in [3.8, 4) is 0 Å². The summed E-state index contributed by atoms with van der Waals surface area (Å²) >= 11 is 0. The Hall–Kier alpha value is -1.69. The van der Waals surface area contributed by atoms with Gasteiger partial charge in [0.2, 0.25) is 0 Å². The van der Waals surface area contributed by atoms with E-state index in [2.05, 4.69) is 5.32 Å². The minimum Gasteiger partial charge on any atom is -0.382 e. The van der Waals surface area contributed by atoms with E-state index in [0.717, 1.165) is 37.8 Å². The molecule has 1 aromatic carbocycles. The largest absolute Gasteiger partial charge is 0.382 e. The van der Waals surface area contributed by atoms with Gasteiger partial charge in [-0.1, -0.05) is 19.4 Å². The molecule has 1 heterocycles. The highest BCUT2D eigenvalue weighted by Gasteiger charge is 2.43. The highest BCUT2D eigenvalue weighted by Crippen LogP contribution is 2.34. The number of rotatable bonds is 5. The van der Waals surface area contributed by atoms with E-state index in [9.17, 15) is 13.6 Å². The van der Waals surface area contributed by atoms with Gasteiger partial charge in [0.1, 0.15) is 17.3 Å². The second-order valence-corrected chi connectivity index (χ2v) is 5.69. The summed E-state index contributed by atoms with van der Waals surface area (Å²) in [5.74, 6) is -1.55. The molecule has 1 aliphatic rings. The average Bonchev–Trinajstić information content (AvgIpc) is 2.87. The molecule has 2 rings (SSSR count). The quantitative estimate of drug-likeness (QED) is 0.899. The molecule has 1 atom stereocenters. The van der Waals surface area contributed by atoms with Crippen molar-refractivity contribution in [3.05, 3.63) is 29.8 Å². The summed E-state index contributed by atoms with van der Waals surface area (Å²) in [6.07, 6.45) is 3.40. The number of anilines is 1. The summed E-state index contributed by atoms with van der Waals surface area (Å²) in [4.78, 5) is 14.2.